The van der Waals surface area contributed by atoms with Crippen LogP contribution in [0.1, 0.15) is 35.7 Å². The average Bonchev–Trinajstić information content (AvgIpc) is 3.21. The van der Waals surface area contributed by atoms with Gasteiger partial charge in [0.1, 0.15) is 0 Å². The van der Waals surface area contributed by atoms with E-state index in [1.807, 2.05) is 32.0 Å². The molecular weight excluding hydrogens is 416 g/mol. The number of rotatable bonds is 7. The number of hydrogen-bond acceptors (Lipinski definition) is 4. The van der Waals surface area contributed by atoms with Crippen LogP contribution in [-0.4, -0.2) is 50.6 Å². The highest BCUT2D eigenvalue weighted by atomic mass is 35.5. The molecule has 2 aromatic carbocycles. The van der Waals surface area contributed by atoms with Gasteiger partial charge in [-0.15, -0.1) is 0 Å². The van der Waals surface area contributed by atoms with E-state index in [4.69, 9.17) is 21.1 Å². The fourth-order valence-corrected chi connectivity index (χ4v) is 4.18. The van der Waals surface area contributed by atoms with Crippen molar-refractivity contribution in [2.24, 2.45) is 11.8 Å². The molecule has 1 heterocycles. The molecule has 6 nitrogen and oxygen atoms in total. The molecule has 3 rings (SSSR count). The highest BCUT2D eigenvalue weighted by Crippen LogP contribution is 2.42. The summed E-state index contributed by atoms with van der Waals surface area (Å²) in [6.45, 7) is 5.40. The number of carbonyl (C=O) groups is 2. The Kier molecular flexibility index (Phi) is 7.44. The van der Waals surface area contributed by atoms with Gasteiger partial charge in [0.2, 0.25) is 5.91 Å². The summed E-state index contributed by atoms with van der Waals surface area (Å²) in [5, 5.41) is 3.53. The first-order valence-corrected chi connectivity index (χ1v) is 10.8. The Morgan fingerprint density at radius 3 is 2.52 bits per heavy atom. The zero-order valence-corrected chi connectivity index (χ0v) is 19.1. The Morgan fingerprint density at radius 1 is 1.13 bits per heavy atom. The number of nitrogens with one attached hydrogen (secondary N) is 1. The first-order chi connectivity index (χ1) is 14.8. The minimum absolute atomic E-state index is 0.0648. The molecule has 0 bridgehead atoms. The molecule has 2 amide bonds. The summed E-state index contributed by atoms with van der Waals surface area (Å²) in [5.41, 5.74) is 1.36. The van der Waals surface area contributed by atoms with Gasteiger partial charge in [-0.3, -0.25) is 9.59 Å². The molecule has 7 heteroatoms. The Balaban J connectivity index is 1.95. The summed E-state index contributed by atoms with van der Waals surface area (Å²) in [6, 6.07) is 12.5. The summed E-state index contributed by atoms with van der Waals surface area (Å²) < 4.78 is 11.1. The number of hydrogen-bond donors (Lipinski definition) is 1. The number of carbonyl (C=O) groups excluding carboxylic acids is 2. The van der Waals surface area contributed by atoms with E-state index in [9.17, 15) is 9.59 Å². The molecule has 2 atom stereocenters. The summed E-state index contributed by atoms with van der Waals surface area (Å²) in [7, 11) is 3.16. The maximum Gasteiger partial charge on any atom is 0.253 e. The van der Waals surface area contributed by atoms with Gasteiger partial charge < -0.3 is 19.7 Å². The fourth-order valence-electron chi connectivity index (χ4n) is 3.99. The smallest absolute Gasteiger partial charge is 0.253 e. The van der Waals surface area contributed by atoms with Crippen LogP contribution in [0, 0.1) is 11.8 Å². The van der Waals surface area contributed by atoms with Gasteiger partial charge in [0.25, 0.3) is 5.91 Å². The molecule has 1 aliphatic heterocycles. The van der Waals surface area contributed by atoms with E-state index in [1.54, 1.807) is 43.4 Å². The van der Waals surface area contributed by atoms with Crippen LogP contribution in [0.4, 0.5) is 0 Å². The molecule has 0 radical (unpaired) electrons. The third kappa shape index (κ3) is 5.13. The topological polar surface area (TPSA) is 67.9 Å². The zero-order chi connectivity index (χ0) is 22.5. The molecular formula is C24H29ClN2O4. The molecule has 0 aromatic heterocycles. The Morgan fingerprint density at radius 2 is 1.87 bits per heavy atom. The van der Waals surface area contributed by atoms with E-state index < -0.39 is 5.92 Å². The third-order valence-electron chi connectivity index (χ3n) is 5.53. The van der Waals surface area contributed by atoms with E-state index in [-0.39, 0.29) is 17.7 Å². The lowest BCUT2D eigenvalue weighted by atomic mass is 9.87. The number of ether oxygens (including phenoxy) is 2. The third-order valence-corrected chi connectivity index (χ3v) is 5.77. The van der Waals surface area contributed by atoms with Gasteiger partial charge in [0.15, 0.2) is 11.5 Å². The maximum absolute atomic E-state index is 13.2. The average molecular weight is 445 g/mol. The van der Waals surface area contributed by atoms with Crippen LogP contribution < -0.4 is 14.8 Å². The predicted molar refractivity (Wildman–Crippen MR) is 121 cm³/mol. The van der Waals surface area contributed by atoms with E-state index in [0.717, 1.165) is 5.56 Å². The summed E-state index contributed by atoms with van der Waals surface area (Å²) in [5.74, 6) is 0.691. The molecule has 166 valence electrons. The number of amides is 2. The first kappa shape index (κ1) is 22.9. The summed E-state index contributed by atoms with van der Waals surface area (Å²) in [6.07, 6.45) is 0. The second kappa shape index (κ2) is 10.1. The van der Waals surface area contributed by atoms with Crippen LogP contribution in [-0.2, 0) is 4.79 Å². The molecule has 2 unspecified atom stereocenters. The number of methoxy groups -OCH3 is 2. The van der Waals surface area contributed by atoms with Crippen molar-refractivity contribution in [1.29, 1.82) is 0 Å². The van der Waals surface area contributed by atoms with Gasteiger partial charge >= 0.3 is 0 Å². The molecule has 1 N–H and O–H groups in total. The Bertz CT molecular complexity index is 947. The summed E-state index contributed by atoms with van der Waals surface area (Å²) >= 11 is 6.08. The highest BCUT2D eigenvalue weighted by molar-refractivity contribution is 6.30. The standard InChI is InChI=1S/C24H29ClN2O4/c1-15(2)12-26-23(28)20-14-27(24(29)16-7-5-8-17(25)11-16)13-19(20)18-9-6-10-21(30-3)22(18)31-4/h5-11,15,19-20H,12-14H2,1-4H3,(H,26,28). The van der Waals surface area contributed by atoms with Crippen LogP contribution in [0.5, 0.6) is 11.5 Å². The van der Waals surface area contributed by atoms with Gasteiger partial charge in [-0.1, -0.05) is 43.6 Å². The molecule has 2 aromatic rings. The monoisotopic (exact) mass is 444 g/mol. The van der Waals surface area contributed by atoms with Gasteiger partial charge in [-0.2, -0.15) is 0 Å². The van der Waals surface area contributed by atoms with E-state index >= 15 is 0 Å². The van der Waals surface area contributed by atoms with Gasteiger partial charge in [-0.05, 0) is 30.2 Å². The minimum Gasteiger partial charge on any atom is -0.493 e. The first-order valence-electron chi connectivity index (χ1n) is 10.4. The quantitative estimate of drug-likeness (QED) is 0.701. The van der Waals surface area contributed by atoms with Crippen molar-refractivity contribution in [3.05, 3.63) is 58.6 Å². The normalized spacial score (nSPS) is 18.2. The molecule has 1 fully saturated rings. The lowest BCUT2D eigenvalue weighted by Gasteiger charge is -2.22. The summed E-state index contributed by atoms with van der Waals surface area (Å²) in [4.78, 5) is 28.0. The lowest BCUT2D eigenvalue weighted by molar-refractivity contribution is -0.125. The van der Waals surface area contributed by atoms with Crippen LogP contribution in [0.15, 0.2) is 42.5 Å². The van der Waals surface area contributed by atoms with Crippen molar-refractivity contribution in [2.45, 2.75) is 19.8 Å². The Hall–Kier alpha value is -2.73. The molecule has 0 saturated carbocycles. The predicted octanol–water partition coefficient (Wildman–Crippen LogP) is 3.99. The van der Waals surface area contributed by atoms with Crippen LogP contribution in [0.25, 0.3) is 0 Å². The van der Waals surface area contributed by atoms with Gasteiger partial charge in [0, 0.05) is 41.7 Å². The van der Waals surface area contributed by atoms with Crippen molar-refractivity contribution in [3.8, 4) is 11.5 Å². The SMILES string of the molecule is COc1cccc(C2CN(C(=O)c3cccc(Cl)c3)CC2C(=O)NCC(C)C)c1OC. The minimum atomic E-state index is -0.400. The number of benzene rings is 2. The maximum atomic E-state index is 13.2. The van der Waals surface area contributed by atoms with Crippen LogP contribution >= 0.6 is 11.6 Å². The van der Waals surface area contributed by atoms with Crippen molar-refractivity contribution in [3.63, 3.8) is 0 Å². The number of halogens is 1. The molecule has 0 spiro atoms. The van der Waals surface area contributed by atoms with Crippen molar-refractivity contribution >= 4 is 23.4 Å². The second-order valence-electron chi connectivity index (χ2n) is 8.16. The zero-order valence-electron chi connectivity index (χ0n) is 18.4. The largest absolute Gasteiger partial charge is 0.493 e. The number of nitrogens with zero attached hydrogens (tertiary/aromatic N) is 1. The van der Waals surface area contributed by atoms with E-state index in [1.165, 1.54) is 0 Å². The number of para-hydroxylation sites is 1. The van der Waals surface area contributed by atoms with E-state index in [0.29, 0.717) is 47.6 Å². The Labute approximate surface area is 188 Å². The lowest BCUT2D eigenvalue weighted by Crippen LogP contribution is -2.37. The molecule has 1 aliphatic rings. The highest BCUT2D eigenvalue weighted by Gasteiger charge is 2.42. The van der Waals surface area contributed by atoms with E-state index in [2.05, 4.69) is 5.32 Å². The van der Waals surface area contributed by atoms with Gasteiger partial charge in [0.05, 0.1) is 20.1 Å². The molecule has 1 saturated heterocycles. The van der Waals surface area contributed by atoms with Gasteiger partial charge in [-0.25, -0.2) is 0 Å². The number of likely N-dealkylation sites (tertiary alicyclic amines) is 1. The van der Waals surface area contributed by atoms with Crippen LogP contribution in [0.2, 0.25) is 5.02 Å². The molecule has 0 aliphatic carbocycles. The second-order valence-corrected chi connectivity index (χ2v) is 8.59. The van der Waals surface area contributed by atoms with Crippen molar-refractivity contribution < 1.29 is 19.1 Å². The van der Waals surface area contributed by atoms with Crippen molar-refractivity contribution in [1.82, 2.24) is 10.2 Å². The van der Waals surface area contributed by atoms with Crippen molar-refractivity contribution in [2.75, 3.05) is 33.9 Å². The fraction of sp³-hybridized carbons (Fsp3) is 0.417. The molecule has 31 heavy (non-hydrogen) atoms. The van der Waals surface area contributed by atoms with Crippen LogP contribution in [0.3, 0.4) is 0 Å².